The molecule has 3 amide bonds. The van der Waals surface area contributed by atoms with Crippen molar-refractivity contribution in [3.05, 3.63) is 47.2 Å². The number of alkyl halides is 3. The lowest BCUT2D eigenvalue weighted by Gasteiger charge is -2.41. The monoisotopic (exact) mass is 746 g/mol. The van der Waals surface area contributed by atoms with Gasteiger partial charge in [0.2, 0.25) is 5.91 Å². The highest BCUT2D eigenvalue weighted by molar-refractivity contribution is 6.76. The Morgan fingerprint density at radius 1 is 1.00 bits per heavy atom. The molecule has 0 radical (unpaired) electrons. The van der Waals surface area contributed by atoms with Crippen molar-refractivity contribution >= 4 is 43.2 Å². The number of piperazine rings is 1. The quantitative estimate of drug-likeness (QED) is 0.223. The minimum absolute atomic E-state index is 0.0238. The van der Waals surface area contributed by atoms with Crippen LogP contribution >= 0.6 is 0 Å². The second-order valence-electron chi connectivity index (χ2n) is 16.3. The fourth-order valence-corrected chi connectivity index (χ4v) is 7.78. The summed E-state index contributed by atoms with van der Waals surface area (Å²) in [6.07, 6.45) is -5.01. The highest BCUT2D eigenvalue weighted by Crippen LogP contribution is 2.42. The predicted octanol–water partition coefficient (Wildman–Crippen LogP) is 6.16. The molecule has 286 valence electrons. The molecule has 0 N–H and O–H groups in total. The molecule has 2 fully saturated rings. The van der Waals surface area contributed by atoms with E-state index in [1.165, 1.54) is 11.8 Å². The standard InChI is InChI=1S/C37H53F3N6O5Si/c1-25-10-9-11-29-32(25)44(17-14-42-12-15-43(16-13-42)35(49)51-36(3,4)5)23-27-21-31(47)46(30-22-28(37(38,39)40)20-26(2)41-30)33(27)34(48)45(29)24-50-18-19-52(6,7)8/h9-11,20,22,27,33H,12-19,21,23-24H2,1-8H3/t27-,33+/m1/s1. The molecule has 0 bridgehead atoms. The molecule has 5 rings (SSSR count). The Labute approximate surface area is 306 Å². The number of hydrogen-bond donors (Lipinski definition) is 0. The first kappa shape index (κ1) is 39.5. The van der Waals surface area contributed by atoms with Crippen LogP contribution in [0.5, 0.6) is 0 Å². The number of aryl methyl sites for hydroxylation is 2. The largest absolute Gasteiger partial charge is 0.444 e. The molecule has 15 heteroatoms. The summed E-state index contributed by atoms with van der Waals surface area (Å²) in [6.45, 7) is 20.0. The number of anilines is 3. The minimum Gasteiger partial charge on any atom is -0.444 e. The van der Waals surface area contributed by atoms with Gasteiger partial charge in [0.25, 0.3) is 5.91 Å². The van der Waals surface area contributed by atoms with E-state index in [1.54, 1.807) is 9.80 Å². The van der Waals surface area contributed by atoms with Gasteiger partial charge in [0.05, 0.1) is 16.9 Å². The second kappa shape index (κ2) is 15.3. The topological polar surface area (TPSA) is 98.8 Å². The molecule has 4 heterocycles. The van der Waals surface area contributed by atoms with Gasteiger partial charge >= 0.3 is 12.3 Å². The van der Waals surface area contributed by atoms with E-state index in [1.807, 2.05) is 45.9 Å². The minimum atomic E-state index is -4.66. The molecule has 1 aromatic carbocycles. The molecule has 52 heavy (non-hydrogen) atoms. The summed E-state index contributed by atoms with van der Waals surface area (Å²) in [5.41, 5.74) is 1.02. The lowest BCUT2D eigenvalue weighted by Crippen LogP contribution is -2.55. The van der Waals surface area contributed by atoms with E-state index in [9.17, 15) is 27.6 Å². The fraction of sp³-hybridized carbons (Fsp3) is 0.622. The van der Waals surface area contributed by atoms with Gasteiger partial charge in [-0.2, -0.15) is 13.2 Å². The van der Waals surface area contributed by atoms with E-state index in [0.717, 1.165) is 29.4 Å². The van der Waals surface area contributed by atoms with E-state index in [2.05, 4.69) is 34.4 Å². The van der Waals surface area contributed by atoms with E-state index >= 15 is 0 Å². The van der Waals surface area contributed by atoms with Crippen molar-refractivity contribution in [2.75, 3.05) is 73.9 Å². The summed E-state index contributed by atoms with van der Waals surface area (Å²) in [7, 11) is -1.45. The highest BCUT2D eigenvalue weighted by Gasteiger charge is 2.50. The SMILES string of the molecule is Cc1cc(C(F)(F)F)cc(N2C(=O)C[C@@H]3CN(CCN4CCN(C(=O)OC(C)(C)C)CC4)c4c(C)cccc4N(COCC[Si](C)(C)C)C(=O)[C@H]32)n1. The Morgan fingerprint density at radius 3 is 2.33 bits per heavy atom. The zero-order valence-corrected chi connectivity index (χ0v) is 32.7. The van der Waals surface area contributed by atoms with Gasteiger partial charge in [-0.15, -0.1) is 0 Å². The van der Waals surface area contributed by atoms with Crippen molar-refractivity contribution in [2.45, 2.75) is 84.5 Å². The van der Waals surface area contributed by atoms with Crippen LogP contribution in [0.1, 0.15) is 44.0 Å². The van der Waals surface area contributed by atoms with E-state index < -0.39 is 49.2 Å². The first-order valence-corrected chi connectivity index (χ1v) is 21.7. The van der Waals surface area contributed by atoms with E-state index in [0.29, 0.717) is 58.1 Å². The number of carbonyl (C=O) groups is 3. The number of hydrogen-bond acceptors (Lipinski definition) is 8. The molecule has 1 aromatic heterocycles. The number of para-hydroxylation sites is 1. The van der Waals surface area contributed by atoms with Gasteiger partial charge in [-0.1, -0.05) is 31.8 Å². The Morgan fingerprint density at radius 2 is 1.69 bits per heavy atom. The van der Waals surface area contributed by atoms with Crippen LogP contribution in [0.4, 0.5) is 35.2 Å². The third kappa shape index (κ3) is 9.45. The van der Waals surface area contributed by atoms with Crippen LogP contribution in [0.3, 0.4) is 0 Å². The molecule has 0 aliphatic carbocycles. The van der Waals surface area contributed by atoms with Crippen molar-refractivity contribution in [3.63, 3.8) is 0 Å². The third-order valence-electron chi connectivity index (χ3n) is 9.67. The van der Waals surface area contributed by atoms with Crippen LogP contribution in [0, 0.1) is 19.8 Å². The van der Waals surface area contributed by atoms with Crippen LogP contribution in [0.25, 0.3) is 0 Å². The van der Waals surface area contributed by atoms with Gasteiger partial charge in [0.15, 0.2) is 0 Å². The normalized spacial score (nSPS) is 20.5. The lowest BCUT2D eigenvalue weighted by atomic mass is 9.95. The van der Waals surface area contributed by atoms with Gasteiger partial charge < -0.3 is 19.3 Å². The van der Waals surface area contributed by atoms with Crippen LogP contribution in [0.15, 0.2) is 30.3 Å². The molecular weight excluding hydrogens is 694 g/mol. The number of fused-ring (bicyclic) bond motifs is 2. The summed E-state index contributed by atoms with van der Waals surface area (Å²) in [6, 6.07) is 7.32. The maximum absolute atomic E-state index is 14.8. The number of pyridine rings is 1. The van der Waals surface area contributed by atoms with Crippen LogP contribution in [-0.2, 0) is 25.2 Å². The molecule has 0 spiro atoms. The number of nitrogens with zero attached hydrogens (tertiary/aromatic N) is 6. The molecule has 2 atom stereocenters. The third-order valence-corrected chi connectivity index (χ3v) is 11.4. The van der Waals surface area contributed by atoms with Gasteiger partial charge in [-0.05, 0) is 64.4 Å². The Kier molecular flexibility index (Phi) is 11.7. The average Bonchev–Trinajstić information content (AvgIpc) is 3.35. The summed E-state index contributed by atoms with van der Waals surface area (Å²) >= 11 is 0. The summed E-state index contributed by atoms with van der Waals surface area (Å²) < 4.78 is 53.6. The highest BCUT2D eigenvalue weighted by atomic mass is 28.3. The number of rotatable bonds is 9. The summed E-state index contributed by atoms with van der Waals surface area (Å²) in [5.74, 6) is -1.57. The fourth-order valence-electron chi connectivity index (χ4n) is 7.02. The molecule has 3 aliphatic rings. The molecule has 2 saturated heterocycles. The number of halogens is 3. The molecule has 2 aromatic rings. The van der Waals surface area contributed by atoms with Crippen molar-refractivity contribution in [1.29, 1.82) is 0 Å². The smallest absolute Gasteiger partial charge is 0.416 e. The first-order chi connectivity index (χ1) is 24.2. The Hall–Kier alpha value is -3.69. The van der Waals surface area contributed by atoms with Crippen molar-refractivity contribution in [2.24, 2.45) is 5.92 Å². The van der Waals surface area contributed by atoms with Crippen molar-refractivity contribution in [3.8, 4) is 0 Å². The van der Waals surface area contributed by atoms with Crippen molar-refractivity contribution < 1.29 is 37.0 Å². The molecule has 0 saturated carbocycles. The average molecular weight is 747 g/mol. The first-order valence-electron chi connectivity index (χ1n) is 18.0. The second-order valence-corrected chi connectivity index (χ2v) is 22.0. The van der Waals surface area contributed by atoms with Crippen LogP contribution in [-0.4, -0.2) is 112 Å². The molecule has 0 unspecified atom stereocenters. The van der Waals surface area contributed by atoms with Crippen molar-refractivity contribution in [1.82, 2.24) is 14.8 Å². The zero-order chi connectivity index (χ0) is 38.2. The lowest BCUT2D eigenvalue weighted by molar-refractivity contribution is -0.137. The summed E-state index contributed by atoms with van der Waals surface area (Å²) in [4.78, 5) is 54.5. The van der Waals surface area contributed by atoms with Gasteiger partial charge in [0.1, 0.15) is 24.2 Å². The van der Waals surface area contributed by atoms with Gasteiger partial charge in [-0.3, -0.25) is 24.3 Å². The number of aromatic nitrogens is 1. The number of benzene rings is 1. The maximum Gasteiger partial charge on any atom is 0.416 e. The van der Waals surface area contributed by atoms with Crippen LogP contribution in [0.2, 0.25) is 25.7 Å². The van der Waals surface area contributed by atoms with E-state index in [-0.39, 0.29) is 30.8 Å². The Bertz CT molecular complexity index is 1640. The van der Waals surface area contributed by atoms with Gasteiger partial charge in [-0.25, -0.2) is 9.78 Å². The number of amides is 3. The number of ether oxygens (including phenoxy) is 2. The maximum atomic E-state index is 14.8. The summed E-state index contributed by atoms with van der Waals surface area (Å²) in [5, 5.41) is 0. The number of carbonyl (C=O) groups excluding carboxylic acids is 3. The van der Waals surface area contributed by atoms with E-state index in [4.69, 9.17) is 9.47 Å². The van der Waals surface area contributed by atoms with Gasteiger partial charge in [0, 0.05) is 78.5 Å². The van der Waals surface area contributed by atoms with Crippen LogP contribution < -0.4 is 14.7 Å². The molecule has 11 nitrogen and oxygen atoms in total. The zero-order valence-electron chi connectivity index (χ0n) is 31.7. The Balaban J connectivity index is 1.47. The molecular formula is C37H53F3N6O5Si. The molecule has 3 aliphatic heterocycles. The predicted molar refractivity (Wildman–Crippen MR) is 197 cm³/mol.